The minimum atomic E-state index is -0.427. The number of hydrogen-bond acceptors (Lipinski definition) is 3. The topological polar surface area (TPSA) is 48.3 Å². The third-order valence-electron chi connectivity index (χ3n) is 1.49. The molecule has 4 nitrogen and oxygen atoms in total. The van der Waals surface area contributed by atoms with Gasteiger partial charge in [-0.2, -0.15) is 0 Å². The number of methoxy groups -OCH3 is 1. The van der Waals surface area contributed by atoms with Gasteiger partial charge in [-0.25, -0.2) is 0 Å². The maximum atomic E-state index is 11.2. The van der Waals surface area contributed by atoms with Gasteiger partial charge in [0, 0.05) is 15.8 Å². The fraction of sp³-hybridized carbons (Fsp3) is 0.250. The van der Waals surface area contributed by atoms with Crippen LogP contribution in [0.5, 0.6) is 0 Å². The smallest absolute Gasteiger partial charge is 0.325 e. The highest BCUT2D eigenvalue weighted by molar-refractivity contribution is 14.1. The lowest BCUT2D eigenvalue weighted by Gasteiger charge is -2.02. The van der Waals surface area contributed by atoms with Crippen LogP contribution in [0.1, 0.15) is 0 Å². The van der Waals surface area contributed by atoms with Crippen LogP contribution in [0.4, 0.5) is 0 Å². The molecule has 0 aromatic carbocycles. The van der Waals surface area contributed by atoms with Gasteiger partial charge in [-0.05, 0) is 28.7 Å². The Hall–Kier alpha value is -0.850. The summed E-state index contributed by atoms with van der Waals surface area (Å²) in [5.74, 6) is -0.427. The summed E-state index contributed by atoms with van der Waals surface area (Å²) in [4.78, 5) is 22.1. The Morgan fingerprint density at radius 2 is 2.38 bits per heavy atom. The van der Waals surface area contributed by atoms with Crippen molar-refractivity contribution in [2.24, 2.45) is 0 Å². The van der Waals surface area contributed by atoms with Gasteiger partial charge in [-0.15, -0.1) is 0 Å². The molecule has 0 fully saturated rings. The highest BCUT2D eigenvalue weighted by Crippen LogP contribution is 1.98. The summed E-state index contributed by atoms with van der Waals surface area (Å²) in [6.45, 7) is -0.0355. The number of esters is 1. The summed E-state index contributed by atoms with van der Waals surface area (Å²) < 4.78 is 6.59. The standard InChI is InChI=1S/C8H8INO3/c1-13-8(12)5-10-3-2-6(9)4-7(10)11/h2-4H,5H2,1H3. The molecule has 0 saturated heterocycles. The van der Waals surface area contributed by atoms with E-state index in [1.807, 2.05) is 22.6 Å². The van der Waals surface area contributed by atoms with Crippen LogP contribution in [-0.4, -0.2) is 17.6 Å². The molecule has 13 heavy (non-hydrogen) atoms. The van der Waals surface area contributed by atoms with Gasteiger partial charge in [0.05, 0.1) is 7.11 Å². The molecule has 0 amide bonds. The monoisotopic (exact) mass is 293 g/mol. The number of aromatic nitrogens is 1. The van der Waals surface area contributed by atoms with Gasteiger partial charge in [-0.3, -0.25) is 9.59 Å². The molecule has 0 aliphatic carbocycles. The van der Waals surface area contributed by atoms with Gasteiger partial charge in [0.15, 0.2) is 0 Å². The number of rotatable bonds is 2. The van der Waals surface area contributed by atoms with Crippen LogP contribution in [0.25, 0.3) is 0 Å². The van der Waals surface area contributed by atoms with Crippen LogP contribution in [0.15, 0.2) is 23.1 Å². The van der Waals surface area contributed by atoms with Crippen molar-refractivity contribution in [3.8, 4) is 0 Å². The Kier molecular flexibility index (Phi) is 3.47. The van der Waals surface area contributed by atoms with Crippen molar-refractivity contribution in [3.63, 3.8) is 0 Å². The van der Waals surface area contributed by atoms with Crippen LogP contribution < -0.4 is 5.56 Å². The van der Waals surface area contributed by atoms with Crippen molar-refractivity contribution in [1.82, 2.24) is 4.57 Å². The molecule has 70 valence electrons. The van der Waals surface area contributed by atoms with E-state index in [0.717, 1.165) is 3.57 Å². The highest BCUT2D eigenvalue weighted by atomic mass is 127. The molecule has 0 aliphatic rings. The van der Waals surface area contributed by atoms with E-state index in [-0.39, 0.29) is 12.1 Å². The molecule has 1 rings (SSSR count). The molecular formula is C8H8INO3. The van der Waals surface area contributed by atoms with Crippen molar-refractivity contribution in [3.05, 3.63) is 32.3 Å². The zero-order chi connectivity index (χ0) is 9.84. The average molecular weight is 293 g/mol. The number of hydrogen-bond donors (Lipinski definition) is 0. The van der Waals surface area contributed by atoms with Crippen LogP contribution in [-0.2, 0) is 16.1 Å². The molecular weight excluding hydrogens is 285 g/mol. The third kappa shape index (κ3) is 2.83. The van der Waals surface area contributed by atoms with Crippen LogP contribution >= 0.6 is 22.6 Å². The average Bonchev–Trinajstić information content (AvgIpc) is 2.09. The second-order valence-corrected chi connectivity index (χ2v) is 3.63. The number of pyridine rings is 1. The Morgan fingerprint density at radius 3 is 2.92 bits per heavy atom. The molecule has 1 heterocycles. The minimum absolute atomic E-state index is 0.0355. The molecule has 0 atom stereocenters. The maximum absolute atomic E-state index is 11.2. The molecule has 0 unspecified atom stereocenters. The Morgan fingerprint density at radius 1 is 1.69 bits per heavy atom. The normalized spacial score (nSPS) is 9.69. The summed E-state index contributed by atoms with van der Waals surface area (Å²) in [6.07, 6.45) is 1.57. The molecule has 1 aromatic heterocycles. The summed E-state index contributed by atoms with van der Waals surface area (Å²) >= 11 is 2.04. The van der Waals surface area contributed by atoms with E-state index >= 15 is 0 Å². The number of carbonyl (C=O) groups excluding carboxylic acids is 1. The lowest BCUT2D eigenvalue weighted by atomic mass is 10.4. The first-order chi connectivity index (χ1) is 6.13. The molecule has 0 spiro atoms. The largest absolute Gasteiger partial charge is 0.468 e. The molecule has 5 heteroatoms. The van der Waals surface area contributed by atoms with Crippen molar-refractivity contribution >= 4 is 28.6 Å². The lowest BCUT2D eigenvalue weighted by molar-refractivity contribution is -0.141. The van der Waals surface area contributed by atoms with Crippen LogP contribution in [0, 0.1) is 3.57 Å². The van der Waals surface area contributed by atoms with Crippen LogP contribution in [0.3, 0.4) is 0 Å². The number of ether oxygens (including phenoxy) is 1. The van der Waals surface area contributed by atoms with Gasteiger partial charge in [0.1, 0.15) is 6.54 Å². The summed E-state index contributed by atoms with van der Waals surface area (Å²) in [6, 6.07) is 3.22. The number of carbonyl (C=O) groups is 1. The molecule has 0 aliphatic heterocycles. The lowest BCUT2D eigenvalue weighted by Crippen LogP contribution is -2.23. The second kappa shape index (κ2) is 4.40. The third-order valence-corrected chi connectivity index (χ3v) is 2.16. The summed E-state index contributed by atoms with van der Waals surface area (Å²) in [5, 5.41) is 0. The zero-order valence-corrected chi connectivity index (χ0v) is 9.15. The molecule has 1 aromatic rings. The first-order valence-electron chi connectivity index (χ1n) is 3.56. The van der Waals surface area contributed by atoms with E-state index < -0.39 is 5.97 Å². The number of halogens is 1. The van der Waals surface area contributed by atoms with Gasteiger partial charge >= 0.3 is 5.97 Å². The predicted octanol–water partition coefficient (Wildman–Crippen LogP) is 0.626. The van der Waals surface area contributed by atoms with Crippen molar-refractivity contribution in [1.29, 1.82) is 0 Å². The first-order valence-corrected chi connectivity index (χ1v) is 4.64. The first kappa shape index (κ1) is 10.2. The quantitative estimate of drug-likeness (QED) is 0.593. The Labute approximate surface area is 88.7 Å². The van der Waals surface area contributed by atoms with E-state index in [2.05, 4.69) is 4.74 Å². The molecule has 0 N–H and O–H groups in total. The Balaban J connectivity index is 2.90. The van der Waals surface area contributed by atoms with E-state index in [1.54, 1.807) is 12.3 Å². The van der Waals surface area contributed by atoms with E-state index in [0.29, 0.717) is 0 Å². The van der Waals surface area contributed by atoms with Crippen LogP contribution in [0.2, 0.25) is 0 Å². The zero-order valence-electron chi connectivity index (χ0n) is 6.99. The van der Waals surface area contributed by atoms with E-state index in [9.17, 15) is 9.59 Å². The molecule has 0 radical (unpaired) electrons. The van der Waals surface area contributed by atoms with Gasteiger partial charge in [0.25, 0.3) is 5.56 Å². The fourth-order valence-electron chi connectivity index (χ4n) is 0.818. The predicted molar refractivity (Wildman–Crippen MR) is 55.4 cm³/mol. The van der Waals surface area contributed by atoms with Gasteiger partial charge < -0.3 is 9.30 Å². The van der Waals surface area contributed by atoms with E-state index in [1.165, 1.54) is 17.7 Å². The van der Waals surface area contributed by atoms with Gasteiger partial charge in [-0.1, -0.05) is 0 Å². The maximum Gasteiger partial charge on any atom is 0.325 e. The van der Waals surface area contributed by atoms with Crippen molar-refractivity contribution in [2.75, 3.05) is 7.11 Å². The molecule has 0 saturated carbocycles. The SMILES string of the molecule is COC(=O)Cn1ccc(I)cc1=O. The van der Waals surface area contributed by atoms with E-state index in [4.69, 9.17) is 0 Å². The Bertz CT molecular complexity index is 372. The fourth-order valence-corrected chi connectivity index (χ4v) is 1.25. The number of nitrogens with zero attached hydrogens (tertiary/aromatic N) is 1. The molecule has 0 bridgehead atoms. The van der Waals surface area contributed by atoms with Crippen molar-refractivity contribution < 1.29 is 9.53 Å². The minimum Gasteiger partial charge on any atom is -0.468 e. The second-order valence-electron chi connectivity index (χ2n) is 2.39. The van der Waals surface area contributed by atoms with Gasteiger partial charge in [0.2, 0.25) is 0 Å². The highest BCUT2D eigenvalue weighted by Gasteiger charge is 2.02. The summed E-state index contributed by atoms with van der Waals surface area (Å²) in [7, 11) is 1.29. The van der Waals surface area contributed by atoms with Crippen molar-refractivity contribution in [2.45, 2.75) is 6.54 Å². The summed E-state index contributed by atoms with van der Waals surface area (Å²) in [5.41, 5.74) is -0.197.